The number of esters is 1. The van der Waals surface area contributed by atoms with Crippen LogP contribution in [-0.4, -0.2) is 23.0 Å². The van der Waals surface area contributed by atoms with Crippen LogP contribution in [0.1, 0.15) is 27.3 Å². The van der Waals surface area contributed by atoms with E-state index in [4.69, 9.17) is 13.9 Å². The topological polar surface area (TPSA) is 91.5 Å². The summed E-state index contributed by atoms with van der Waals surface area (Å²) >= 11 is 0. The Morgan fingerprint density at radius 1 is 1.00 bits per heavy atom. The summed E-state index contributed by atoms with van der Waals surface area (Å²) in [6.07, 6.45) is 0. The molecule has 4 aromatic rings. The van der Waals surface area contributed by atoms with Gasteiger partial charge >= 0.3 is 11.6 Å². The molecular formula is C22H18N2O5. The number of hydrogen-bond donors (Lipinski definition) is 0. The fourth-order valence-electron chi connectivity index (χ4n) is 3.04. The summed E-state index contributed by atoms with van der Waals surface area (Å²) in [6, 6.07) is 11.5. The molecule has 0 aliphatic carbocycles. The first kappa shape index (κ1) is 18.6. The number of carbonyl (C=O) groups excluding carboxylic acids is 1. The molecule has 7 heteroatoms. The molecule has 2 aromatic heterocycles. The molecule has 29 heavy (non-hydrogen) atoms. The first-order valence-electron chi connectivity index (χ1n) is 8.97. The highest BCUT2D eigenvalue weighted by molar-refractivity contribution is 5.93. The maximum absolute atomic E-state index is 12.5. The molecule has 0 aliphatic heterocycles. The predicted octanol–water partition coefficient (Wildman–Crippen LogP) is 3.72. The van der Waals surface area contributed by atoms with Gasteiger partial charge in [-0.25, -0.2) is 19.6 Å². The summed E-state index contributed by atoms with van der Waals surface area (Å²) in [7, 11) is 1.53. The lowest BCUT2D eigenvalue weighted by Crippen LogP contribution is -2.08. The second kappa shape index (κ2) is 7.35. The van der Waals surface area contributed by atoms with Crippen LogP contribution in [0.2, 0.25) is 0 Å². The van der Waals surface area contributed by atoms with Crippen molar-refractivity contribution in [2.75, 3.05) is 7.11 Å². The summed E-state index contributed by atoms with van der Waals surface area (Å²) in [4.78, 5) is 33.3. The Kier molecular flexibility index (Phi) is 4.72. The normalized spacial score (nSPS) is 11.0. The highest BCUT2D eigenvalue weighted by Gasteiger charge is 2.13. The molecule has 2 heterocycles. The van der Waals surface area contributed by atoms with Gasteiger partial charge in [-0.15, -0.1) is 0 Å². The standard InChI is InChI=1S/C22H18N2O5/c1-12-13(2)24-19-8-14(4-7-18(19)23-12)22(26)28-11-15-9-21(25)29-20-10-16(27-3)5-6-17(15)20/h4-10H,11H2,1-3H3. The number of ether oxygens (including phenoxy) is 2. The Balaban J connectivity index is 1.60. The number of hydrogen-bond acceptors (Lipinski definition) is 7. The Hall–Kier alpha value is -3.74. The number of nitrogens with zero attached hydrogens (tertiary/aromatic N) is 2. The zero-order valence-corrected chi connectivity index (χ0v) is 16.2. The van der Waals surface area contributed by atoms with Gasteiger partial charge in [0.05, 0.1) is 35.1 Å². The first-order chi connectivity index (χ1) is 13.9. The van der Waals surface area contributed by atoms with Crippen molar-refractivity contribution in [2.24, 2.45) is 0 Å². The molecule has 0 radical (unpaired) electrons. The highest BCUT2D eigenvalue weighted by atomic mass is 16.5. The lowest BCUT2D eigenvalue weighted by Gasteiger charge is -2.09. The average Bonchev–Trinajstić information content (AvgIpc) is 2.71. The Labute approximate surface area is 165 Å². The van der Waals surface area contributed by atoms with Crippen LogP contribution < -0.4 is 10.4 Å². The SMILES string of the molecule is COc1ccc2c(COC(=O)c3ccc4nc(C)c(C)nc4c3)cc(=O)oc2c1. The van der Waals surface area contributed by atoms with Gasteiger partial charge in [-0.05, 0) is 44.2 Å². The lowest BCUT2D eigenvalue weighted by atomic mass is 10.1. The van der Waals surface area contributed by atoms with Crippen LogP contribution in [-0.2, 0) is 11.3 Å². The van der Waals surface area contributed by atoms with E-state index < -0.39 is 11.6 Å². The van der Waals surface area contributed by atoms with E-state index in [2.05, 4.69) is 9.97 Å². The minimum absolute atomic E-state index is 0.0656. The lowest BCUT2D eigenvalue weighted by molar-refractivity contribution is 0.0474. The molecule has 7 nitrogen and oxygen atoms in total. The number of carbonyl (C=O) groups is 1. The zero-order valence-electron chi connectivity index (χ0n) is 16.2. The van der Waals surface area contributed by atoms with Crippen molar-refractivity contribution in [2.45, 2.75) is 20.5 Å². The minimum atomic E-state index is -0.524. The largest absolute Gasteiger partial charge is 0.497 e. The monoisotopic (exact) mass is 390 g/mol. The van der Waals surface area contributed by atoms with E-state index in [0.29, 0.717) is 38.9 Å². The van der Waals surface area contributed by atoms with Crippen molar-refractivity contribution in [1.82, 2.24) is 9.97 Å². The van der Waals surface area contributed by atoms with Gasteiger partial charge in [0.15, 0.2) is 0 Å². The smallest absolute Gasteiger partial charge is 0.338 e. The van der Waals surface area contributed by atoms with Gasteiger partial charge in [0.2, 0.25) is 0 Å². The van der Waals surface area contributed by atoms with Crippen LogP contribution in [0.15, 0.2) is 51.7 Å². The number of benzene rings is 2. The van der Waals surface area contributed by atoms with Gasteiger partial charge in [0.25, 0.3) is 0 Å². The van der Waals surface area contributed by atoms with Gasteiger partial charge in [-0.2, -0.15) is 0 Å². The number of aryl methyl sites for hydroxylation is 2. The van der Waals surface area contributed by atoms with Gasteiger partial charge in [0.1, 0.15) is 17.9 Å². The van der Waals surface area contributed by atoms with E-state index in [9.17, 15) is 9.59 Å². The van der Waals surface area contributed by atoms with Crippen molar-refractivity contribution >= 4 is 28.0 Å². The summed E-state index contributed by atoms with van der Waals surface area (Å²) in [5.41, 5.74) is 3.76. The second-order valence-electron chi connectivity index (χ2n) is 6.63. The molecule has 0 saturated heterocycles. The molecule has 0 amide bonds. The summed E-state index contributed by atoms with van der Waals surface area (Å²) < 4.78 is 15.8. The fourth-order valence-corrected chi connectivity index (χ4v) is 3.04. The number of methoxy groups -OCH3 is 1. The molecule has 0 saturated carbocycles. The van der Waals surface area contributed by atoms with Crippen LogP contribution in [0.4, 0.5) is 0 Å². The van der Waals surface area contributed by atoms with E-state index in [1.54, 1.807) is 36.4 Å². The summed E-state index contributed by atoms with van der Waals surface area (Å²) in [5, 5.41) is 0.675. The molecule has 0 spiro atoms. The van der Waals surface area contributed by atoms with Crippen molar-refractivity contribution in [3.05, 3.63) is 75.4 Å². The molecule has 0 N–H and O–H groups in total. The first-order valence-corrected chi connectivity index (χ1v) is 8.97. The van der Waals surface area contributed by atoms with Crippen LogP contribution in [0.5, 0.6) is 5.75 Å². The summed E-state index contributed by atoms with van der Waals surface area (Å²) in [5.74, 6) is 0.0550. The average molecular weight is 390 g/mol. The second-order valence-corrected chi connectivity index (χ2v) is 6.63. The van der Waals surface area contributed by atoms with Gasteiger partial charge in [-0.1, -0.05) is 0 Å². The van der Waals surface area contributed by atoms with Crippen molar-refractivity contribution < 1.29 is 18.7 Å². The summed E-state index contributed by atoms with van der Waals surface area (Å²) in [6.45, 7) is 3.69. The minimum Gasteiger partial charge on any atom is -0.497 e. The molecule has 0 fully saturated rings. The Morgan fingerprint density at radius 3 is 2.52 bits per heavy atom. The van der Waals surface area contributed by atoms with Crippen molar-refractivity contribution in [3.8, 4) is 5.75 Å². The third-order valence-electron chi connectivity index (χ3n) is 4.71. The predicted molar refractivity (Wildman–Crippen MR) is 107 cm³/mol. The molecule has 4 rings (SSSR count). The fraction of sp³-hybridized carbons (Fsp3) is 0.182. The zero-order chi connectivity index (χ0) is 20.5. The molecule has 2 aromatic carbocycles. The molecule has 0 bridgehead atoms. The highest BCUT2D eigenvalue weighted by Crippen LogP contribution is 2.23. The molecule has 0 unspecified atom stereocenters. The van der Waals surface area contributed by atoms with Crippen LogP contribution in [0, 0.1) is 13.8 Å². The third-order valence-corrected chi connectivity index (χ3v) is 4.71. The van der Waals surface area contributed by atoms with Crippen LogP contribution in [0.3, 0.4) is 0 Å². The number of fused-ring (bicyclic) bond motifs is 2. The van der Waals surface area contributed by atoms with E-state index in [-0.39, 0.29) is 6.61 Å². The molecular weight excluding hydrogens is 372 g/mol. The van der Waals surface area contributed by atoms with E-state index in [0.717, 1.165) is 11.4 Å². The quantitative estimate of drug-likeness (QED) is 0.387. The van der Waals surface area contributed by atoms with E-state index in [1.165, 1.54) is 13.2 Å². The molecule has 0 atom stereocenters. The van der Waals surface area contributed by atoms with Gasteiger partial charge < -0.3 is 13.9 Å². The number of rotatable bonds is 4. The maximum atomic E-state index is 12.5. The van der Waals surface area contributed by atoms with Crippen LogP contribution in [0.25, 0.3) is 22.0 Å². The number of aromatic nitrogens is 2. The van der Waals surface area contributed by atoms with Crippen LogP contribution >= 0.6 is 0 Å². The van der Waals surface area contributed by atoms with Crippen molar-refractivity contribution in [3.63, 3.8) is 0 Å². The Morgan fingerprint density at radius 2 is 1.76 bits per heavy atom. The third kappa shape index (κ3) is 3.67. The molecule has 146 valence electrons. The maximum Gasteiger partial charge on any atom is 0.338 e. The van der Waals surface area contributed by atoms with Gasteiger partial charge in [0, 0.05) is 23.1 Å². The van der Waals surface area contributed by atoms with Crippen molar-refractivity contribution in [1.29, 1.82) is 0 Å². The van der Waals surface area contributed by atoms with E-state index in [1.807, 2.05) is 13.8 Å². The van der Waals surface area contributed by atoms with Gasteiger partial charge in [-0.3, -0.25) is 0 Å². The van der Waals surface area contributed by atoms with E-state index >= 15 is 0 Å². The molecule has 0 aliphatic rings. The Bertz CT molecular complexity index is 1310.